The van der Waals surface area contributed by atoms with E-state index in [1.54, 1.807) is 26.0 Å². The zero-order valence-corrected chi connectivity index (χ0v) is 14.3. The highest BCUT2D eigenvalue weighted by Gasteiger charge is 2.32. The molecule has 0 saturated carbocycles. The van der Waals surface area contributed by atoms with Gasteiger partial charge >= 0.3 is 0 Å². The number of rotatable bonds is 3. The summed E-state index contributed by atoms with van der Waals surface area (Å²) in [5, 5.41) is 2.69. The van der Waals surface area contributed by atoms with Crippen molar-refractivity contribution in [3.8, 4) is 0 Å². The van der Waals surface area contributed by atoms with Crippen LogP contribution in [-0.4, -0.2) is 49.6 Å². The molecule has 0 unspecified atom stereocenters. The number of sulfone groups is 1. The highest BCUT2D eigenvalue weighted by Crippen LogP contribution is 2.21. The van der Waals surface area contributed by atoms with Crippen molar-refractivity contribution in [2.75, 3.05) is 19.3 Å². The van der Waals surface area contributed by atoms with Crippen molar-refractivity contribution in [1.82, 2.24) is 10.0 Å². The maximum absolute atomic E-state index is 12.8. The average molecular weight is 336 g/mol. The molecule has 2 rings (SSSR count). The number of nitrogens with zero attached hydrogens (tertiary/aromatic N) is 2. The van der Waals surface area contributed by atoms with Gasteiger partial charge < -0.3 is 0 Å². The first kappa shape index (κ1) is 17.2. The summed E-state index contributed by atoms with van der Waals surface area (Å²) in [5.41, 5.74) is 0.928. The molecule has 1 aliphatic rings. The first-order valence-electron chi connectivity index (χ1n) is 7.29. The van der Waals surface area contributed by atoms with Crippen molar-refractivity contribution >= 4 is 21.7 Å². The van der Waals surface area contributed by atoms with Crippen LogP contribution in [0.25, 0.3) is 0 Å². The van der Waals surface area contributed by atoms with Crippen LogP contribution in [0.4, 0.5) is 0 Å². The SMILES string of the molecule is CC(C)=CC(=O)N1CCCN1C(=O)c1ccccc1S(C)(=O)=O. The highest BCUT2D eigenvalue weighted by molar-refractivity contribution is 7.90. The van der Waals surface area contributed by atoms with Crippen molar-refractivity contribution in [2.45, 2.75) is 25.2 Å². The Balaban J connectivity index is 2.38. The summed E-state index contributed by atoms with van der Waals surface area (Å²) in [6, 6.07) is 6.06. The van der Waals surface area contributed by atoms with Crippen LogP contribution < -0.4 is 0 Å². The van der Waals surface area contributed by atoms with Gasteiger partial charge in [-0.05, 0) is 32.4 Å². The van der Waals surface area contributed by atoms with E-state index in [2.05, 4.69) is 0 Å². The number of hydrogen-bond donors (Lipinski definition) is 0. The summed E-state index contributed by atoms with van der Waals surface area (Å²) in [4.78, 5) is 25.0. The van der Waals surface area contributed by atoms with E-state index >= 15 is 0 Å². The zero-order valence-electron chi connectivity index (χ0n) is 13.4. The molecule has 0 bridgehead atoms. The Labute approximate surface area is 136 Å². The van der Waals surface area contributed by atoms with Crippen LogP contribution in [0.1, 0.15) is 30.6 Å². The van der Waals surface area contributed by atoms with E-state index in [1.165, 1.54) is 28.2 Å². The minimum Gasteiger partial charge on any atom is -0.268 e. The number of benzene rings is 1. The molecule has 0 radical (unpaired) electrons. The molecule has 1 aromatic carbocycles. The molecule has 2 amide bonds. The number of hydrazine groups is 1. The lowest BCUT2D eigenvalue weighted by Crippen LogP contribution is -2.44. The Morgan fingerprint density at radius 3 is 2.30 bits per heavy atom. The molecular weight excluding hydrogens is 316 g/mol. The molecule has 0 aromatic heterocycles. The van der Waals surface area contributed by atoms with Crippen LogP contribution in [0.5, 0.6) is 0 Å². The Hall–Kier alpha value is -2.15. The number of hydrogen-bond acceptors (Lipinski definition) is 4. The average Bonchev–Trinajstić information content (AvgIpc) is 2.94. The molecule has 1 aromatic rings. The molecule has 124 valence electrons. The Kier molecular flexibility index (Phi) is 4.89. The van der Waals surface area contributed by atoms with Crippen molar-refractivity contribution in [2.24, 2.45) is 0 Å². The van der Waals surface area contributed by atoms with E-state index in [9.17, 15) is 18.0 Å². The summed E-state index contributed by atoms with van der Waals surface area (Å²) in [5.74, 6) is -0.744. The Morgan fingerprint density at radius 1 is 1.09 bits per heavy atom. The number of amides is 2. The Bertz CT molecular complexity index is 764. The topological polar surface area (TPSA) is 74.8 Å². The third-order valence-electron chi connectivity index (χ3n) is 3.45. The van der Waals surface area contributed by atoms with Crippen LogP contribution in [0.3, 0.4) is 0 Å². The molecule has 0 spiro atoms. The fraction of sp³-hybridized carbons (Fsp3) is 0.375. The van der Waals surface area contributed by atoms with Gasteiger partial charge in [-0.3, -0.25) is 9.59 Å². The first-order valence-corrected chi connectivity index (χ1v) is 9.18. The lowest BCUT2D eigenvalue weighted by Gasteiger charge is -2.27. The first-order chi connectivity index (χ1) is 10.7. The maximum Gasteiger partial charge on any atom is 0.273 e. The predicted octanol–water partition coefficient (Wildman–Crippen LogP) is 1.65. The summed E-state index contributed by atoms with van der Waals surface area (Å²) >= 11 is 0. The van der Waals surface area contributed by atoms with Crippen LogP contribution in [-0.2, 0) is 14.6 Å². The number of carbonyl (C=O) groups excluding carboxylic acids is 2. The molecule has 7 heteroatoms. The third-order valence-corrected chi connectivity index (χ3v) is 4.60. The standard InChI is InChI=1S/C16H20N2O4S/c1-12(2)11-15(19)17-9-6-10-18(17)16(20)13-7-4-5-8-14(13)23(3,21)22/h4-5,7-8,11H,6,9-10H2,1-3H3. The zero-order chi connectivity index (χ0) is 17.2. The lowest BCUT2D eigenvalue weighted by atomic mass is 10.2. The fourth-order valence-electron chi connectivity index (χ4n) is 2.48. The summed E-state index contributed by atoms with van der Waals surface area (Å²) in [6.07, 6.45) is 3.19. The fourth-order valence-corrected chi connectivity index (χ4v) is 3.36. The van der Waals surface area contributed by atoms with Gasteiger partial charge in [0.25, 0.3) is 11.8 Å². The Morgan fingerprint density at radius 2 is 1.70 bits per heavy atom. The number of allylic oxidation sites excluding steroid dienone is 1. The molecule has 1 heterocycles. The van der Waals surface area contributed by atoms with E-state index in [-0.39, 0.29) is 16.4 Å². The molecule has 1 fully saturated rings. The minimum atomic E-state index is -3.53. The van der Waals surface area contributed by atoms with E-state index in [1.807, 2.05) is 0 Å². The second-order valence-electron chi connectivity index (χ2n) is 5.73. The van der Waals surface area contributed by atoms with Gasteiger partial charge in [0, 0.05) is 25.4 Å². The van der Waals surface area contributed by atoms with Gasteiger partial charge in [0.1, 0.15) is 0 Å². The smallest absolute Gasteiger partial charge is 0.268 e. The van der Waals surface area contributed by atoms with E-state index in [0.717, 1.165) is 11.8 Å². The number of carbonyl (C=O) groups is 2. The molecule has 0 aliphatic carbocycles. The van der Waals surface area contributed by atoms with Gasteiger partial charge in [-0.25, -0.2) is 18.4 Å². The van der Waals surface area contributed by atoms with Gasteiger partial charge in [-0.15, -0.1) is 0 Å². The third kappa shape index (κ3) is 3.79. The van der Waals surface area contributed by atoms with E-state index < -0.39 is 15.7 Å². The van der Waals surface area contributed by atoms with Crippen molar-refractivity contribution in [3.05, 3.63) is 41.5 Å². The second kappa shape index (κ2) is 6.54. The van der Waals surface area contributed by atoms with Crippen LogP contribution >= 0.6 is 0 Å². The van der Waals surface area contributed by atoms with Gasteiger partial charge in [0.05, 0.1) is 10.5 Å². The summed E-state index contributed by atoms with van der Waals surface area (Å²) in [6.45, 7) is 4.44. The molecule has 6 nitrogen and oxygen atoms in total. The van der Waals surface area contributed by atoms with Crippen molar-refractivity contribution in [3.63, 3.8) is 0 Å². The predicted molar refractivity (Wildman–Crippen MR) is 86.3 cm³/mol. The van der Waals surface area contributed by atoms with Gasteiger partial charge in [-0.1, -0.05) is 17.7 Å². The quantitative estimate of drug-likeness (QED) is 0.787. The molecule has 1 aliphatic heterocycles. The molecule has 0 N–H and O–H groups in total. The van der Waals surface area contributed by atoms with E-state index in [4.69, 9.17) is 0 Å². The molecule has 0 atom stereocenters. The highest BCUT2D eigenvalue weighted by atomic mass is 32.2. The molecule has 23 heavy (non-hydrogen) atoms. The van der Waals surface area contributed by atoms with Crippen LogP contribution in [0.2, 0.25) is 0 Å². The minimum absolute atomic E-state index is 0.0217. The van der Waals surface area contributed by atoms with E-state index in [0.29, 0.717) is 19.5 Å². The molecule has 1 saturated heterocycles. The van der Waals surface area contributed by atoms with Crippen LogP contribution in [0.15, 0.2) is 40.8 Å². The van der Waals surface area contributed by atoms with Crippen molar-refractivity contribution < 1.29 is 18.0 Å². The maximum atomic E-state index is 12.8. The van der Waals surface area contributed by atoms with Crippen LogP contribution in [0, 0.1) is 0 Å². The summed E-state index contributed by atoms with van der Waals surface area (Å²) < 4.78 is 23.7. The normalized spacial score (nSPS) is 14.7. The largest absolute Gasteiger partial charge is 0.273 e. The van der Waals surface area contributed by atoms with Gasteiger partial charge in [0.15, 0.2) is 9.84 Å². The second-order valence-corrected chi connectivity index (χ2v) is 7.72. The van der Waals surface area contributed by atoms with Gasteiger partial charge in [-0.2, -0.15) is 0 Å². The molecular formula is C16H20N2O4S. The monoisotopic (exact) mass is 336 g/mol. The summed E-state index contributed by atoms with van der Waals surface area (Å²) in [7, 11) is -3.53. The lowest BCUT2D eigenvalue weighted by molar-refractivity contribution is -0.135. The van der Waals surface area contributed by atoms with Gasteiger partial charge in [0.2, 0.25) is 0 Å². The van der Waals surface area contributed by atoms with Crippen molar-refractivity contribution in [1.29, 1.82) is 0 Å².